The zero-order chi connectivity index (χ0) is 63.1. The van der Waals surface area contributed by atoms with Crippen molar-refractivity contribution in [2.75, 3.05) is 19.8 Å². The number of aliphatic hydroxyl groups is 1. The van der Waals surface area contributed by atoms with Crippen LogP contribution in [0, 0.1) is 16.7 Å². The second-order valence-corrected chi connectivity index (χ2v) is 28.3. The van der Waals surface area contributed by atoms with Gasteiger partial charge in [0.05, 0.1) is 23.5 Å². The molecule has 0 radical (unpaired) electrons. The van der Waals surface area contributed by atoms with Crippen molar-refractivity contribution in [3.63, 3.8) is 0 Å². The van der Waals surface area contributed by atoms with E-state index < -0.39 is 176 Å². The number of fused-ring (bicyclic) bond motifs is 5. The number of nitrogens with zero attached hydrogens (tertiary/aromatic N) is 1. The van der Waals surface area contributed by atoms with Gasteiger partial charge in [0.15, 0.2) is 17.5 Å². The number of amides is 2. The molecule has 3 aliphatic carbocycles. The van der Waals surface area contributed by atoms with Crippen molar-refractivity contribution in [2.45, 2.75) is 169 Å². The van der Waals surface area contributed by atoms with Crippen molar-refractivity contribution >= 4 is 124 Å². The molecule has 11 atom stereocenters. The van der Waals surface area contributed by atoms with E-state index in [1.165, 1.54) is 118 Å². The van der Waals surface area contributed by atoms with E-state index in [2.05, 4.69) is 0 Å². The molecule has 2 amide bonds. The molecule has 6 rings (SSSR count). The molecule has 28 heteroatoms. The van der Waals surface area contributed by atoms with Gasteiger partial charge in [-0.05, 0) is 84.2 Å². The summed E-state index contributed by atoms with van der Waals surface area (Å²) >= 11 is 35.6. The highest BCUT2D eigenvalue weighted by Gasteiger charge is 2.79. The van der Waals surface area contributed by atoms with E-state index in [9.17, 15) is 38.7 Å². The summed E-state index contributed by atoms with van der Waals surface area (Å²) in [7, 11) is 0. The van der Waals surface area contributed by atoms with Gasteiger partial charge in [0.1, 0.15) is 60.5 Å². The highest BCUT2D eigenvalue weighted by atomic mass is 35.6. The van der Waals surface area contributed by atoms with Crippen molar-refractivity contribution < 1.29 is 100 Å². The fraction of sp³-hybridized carbons (Fsp3) is 0.589. The monoisotopic (exact) mass is 1300 g/mol. The Hall–Kier alpha value is -5.33. The third-order valence-corrected chi connectivity index (χ3v) is 15.4. The molecule has 1 saturated heterocycles. The predicted octanol–water partition coefficient (Wildman–Crippen LogP) is 10.5. The van der Waals surface area contributed by atoms with Crippen molar-refractivity contribution in [1.82, 2.24) is 4.90 Å². The number of imide groups is 1. The highest BCUT2D eigenvalue weighted by Crippen LogP contribution is 2.65. The molecule has 3 fully saturated rings. The maximum absolute atomic E-state index is 16.5. The smallest absolute Gasteiger partial charge is 0.455 e. The number of esters is 4. The van der Waals surface area contributed by atoms with Crippen molar-refractivity contribution in [3.05, 3.63) is 82.9 Å². The number of halogens is 6. The summed E-state index contributed by atoms with van der Waals surface area (Å²) in [4.78, 5) is 131. The van der Waals surface area contributed by atoms with Crippen LogP contribution in [0.2, 0.25) is 0 Å². The molecule has 4 aliphatic rings. The Morgan fingerprint density at radius 1 is 0.726 bits per heavy atom. The Bertz CT molecular complexity index is 2870. The number of rotatable bonds is 13. The average Bonchev–Trinajstić information content (AvgIpc) is 0.676. The first kappa shape index (κ1) is 67.8. The summed E-state index contributed by atoms with van der Waals surface area (Å²) in [5.74, 6) is -7.88. The predicted molar refractivity (Wildman–Crippen MR) is 299 cm³/mol. The van der Waals surface area contributed by atoms with Crippen LogP contribution in [0.1, 0.15) is 118 Å². The van der Waals surface area contributed by atoms with Crippen LogP contribution in [0.15, 0.2) is 71.8 Å². The van der Waals surface area contributed by atoms with E-state index in [0.29, 0.717) is 4.90 Å². The molecule has 1 aliphatic heterocycles. The van der Waals surface area contributed by atoms with Crippen LogP contribution in [0.25, 0.3) is 0 Å². The highest BCUT2D eigenvalue weighted by molar-refractivity contribution is 6.68. The minimum Gasteiger partial charge on any atom is -0.455 e. The van der Waals surface area contributed by atoms with E-state index in [4.69, 9.17) is 122 Å². The van der Waals surface area contributed by atoms with Crippen LogP contribution in [-0.2, 0) is 71.3 Å². The SMILES string of the molecule is CC(=O)O[C@H](C(=O)O[C@H]1C[C@@]2(O)[C@@H](OC(=O)c3ccccc3)C3[C@](C)(C(=O)[C@H](OC(=O)OCC(Cl)(Cl)Cl)C(=C1C)C2(C)C)[C@@H](OC(=O)OCC(Cl)(Cl)Cl)C[C@H]1OC[C@@]31OC(C)=O)C(c1ccccc1)N(C(=O)OC(C)(C)C)C(=O)OC(C)(C)C. The van der Waals surface area contributed by atoms with Crippen LogP contribution in [0.5, 0.6) is 0 Å². The molecular formula is C56H65Cl6NO21. The number of ketones is 1. The summed E-state index contributed by atoms with van der Waals surface area (Å²) in [5, 5.41) is 14.3. The zero-order valence-corrected chi connectivity index (χ0v) is 52.3. The zero-order valence-electron chi connectivity index (χ0n) is 47.8. The number of hydrogen-bond acceptors (Lipinski definition) is 21. The van der Waals surface area contributed by atoms with Gasteiger partial charge in [0, 0.05) is 32.1 Å². The molecule has 1 heterocycles. The molecule has 2 unspecified atom stereocenters. The molecular weight excluding hydrogens is 1240 g/mol. The summed E-state index contributed by atoms with van der Waals surface area (Å²) in [6.45, 7) is 13.9. The Kier molecular flexibility index (Phi) is 20.3. The topological polar surface area (TPSA) is 279 Å². The first-order valence-electron chi connectivity index (χ1n) is 26.1. The lowest BCUT2D eigenvalue weighted by Crippen LogP contribution is -2.82. The van der Waals surface area contributed by atoms with Crippen LogP contribution in [0.3, 0.4) is 0 Å². The van der Waals surface area contributed by atoms with Crippen LogP contribution < -0.4 is 0 Å². The second kappa shape index (κ2) is 25.2. The van der Waals surface area contributed by atoms with Crippen molar-refractivity contribution in [1.29, 1.82) is 0 Å². The fourth-order valence-electron chi connectivity index (χ4n) is 11.2. The average molecular weight is 1300 g/mol. The van der Waals surface area contributed by atoms with Gasteiger partial charge in [-0.1, -0.05) is 132 Å². The molecule has 1 N–H and O–H groups in total. The molecule has 0 spiro atoms. The molecule has 84 heavy (non-hydrogen) atoms. The van der Waals surface area contributed by atoms with Crippen LogP contribution >= 0.6 is 69.6 Å². The van der Waals surface area contributed by atoms with Gasteiger partial charge in [0.25, 0.3) is 0 Å². The summed E-state index contributed by atoms with van der Waals surface area (Å²) < 4.78 is 60.1. The number of Topliss-reactive ketones (excluding diaryl/α,β-unsaturated/α-hetero) is 1. The Morgan fingerprint density at radius 2 is 1.24 bits per heavy atom. The molecule has 0 aromatic heterocycles. The van der Waals surface area contributed by atoms with Gasteiger partial charge in [-0.15, -0.1) is 0 Å². The summed E-state index contributed by atoms with van der Waals surface area (Å²) in [6.07, 6.45) is -19.2. The molecule has 2 bridgehead atoms. The van der Waals surface area contributed by atoms with Gasteiger partial charge in [-0.3, -0.25) is 14.4 Å². The van der Waals surface area contributed by atoms with Gasteiger partial charge >= 0.3 is 48.4 Å². The lowest BCUT2D eigenvalue weighted by atomic mass is 9.44. The minimum absolute atomic E-state index is 0.000971. The number of ether oxygens (including phenoxy) is 11. The molecule has 22 nitrogen and oxygen atoms in total. The number of carbonyl (C=O) groups excluding carboxylic acids is 9. The van der Waals surface area contributed by atoms with Gasteiger partial charge in [-0.25, -0.2) is 33.7 Å². The lowest BCUT2D eigenvalue weighted by Gasteiger charge is -2.67. The van der Waals surface area contributed by atoms with E-state index in [1.54, 1.807) is 12.1 Å². The third kappa shape index (κ3) is 14.9. The van der Waals surface area contributed by atoms with Crippen molar-refractivity contribution in [2.24, 2.45) is 16.7 Å². The fourth-order valence-corrected chi connectivity index (χ4v) is 11.6. The van der Waals surface area contributed by atoms with E-state index in [1.807, 2.05) is 0 Å². The first-order valence-corrected chi connectivity index (χ1v) is 28.4. The largest absolute Gasteiger partial charge is 0.509 e. The number of alkyl halides is 6. The summed E-state index contributed by atoms with van der Waals surface area (Å²) in [6, 6.07) is 12.8. The Labute approximate surface area is 514 Å². The van der Waals surface area contributed by atoms with Crippen LogP contribution in [-0.4, -0.2) is 151 Å². The van der Waals surface area contributed by atoms with Gasteiger partial charge in [0.2, 0.25) is 13.7 Å². The Morgan fingerprint density at radius 3 is 1.70 bits per heavy atom. The maximum atomic E-state index is 16.5. The maximum Gasteiger partial charge on any atom is 0.509 e. The van der Waals surface area contributed by atoms with E-state index in [-0.39, 0.29) is 22.3 Å². The molecule has 2 aromatic rings. The number of benzene rings is 2. The number of carbonyl (C=O) groups is 9. The third-order valence-electron chi connectivity index (χ3n) is 14.7. The van der Waals surface area contributed by atoms with Crippen LogP contribution in [0.4, 0.5) is 19.2 Å². The normalized spacial score (nSPS) is 27.2. The quantitative estimate of drug-likeness (QED) is 0.0844. The van der Waals surface area contributed by atoms with Crippen molar-refractivity contribution in [3.8, 4) is 0 Å². The first-order chi connectivity index (χ1) is 38.6. The molecule has 2 saturated carbocycles. The van der Waals surface area contributed by atoms with Gasteiger partial charge in [-0.2, -0.15) is 0 Å². The standard InChI is InChI=1S/C56H65Cl6NO21/c1-28-33(78-44(68)39(77-29(2)64)37(31-19-15-13-16-20-31)63(45(69)83-49(4,5)6)46(70)84-50(7,8)9)24-54(73)42(81-43(67)32-21-17-14-18-22-32)40-52(12,41(66)38(36(28)51(54,10)11)80-48(72)76-27-56(60,61)62)34(79-47(71)75-26-55(57,58)59)23-35-53(40,25-74-35)82-30(3)65/h13-22,33-35,37-40,42,73H,23-27H2,1-12H3/t33-,34-,35+,37?,38+,39-,40?,42-,52+,53-,54+/m0/s1. The minimum atomic E-state index is -2.78. The lowest BCUT2D eigenvalue weighted by molar-refractivity contribution is -0.346. The van der Waals surface area contributed by atoms with E-state index in [0.717, 1.165) is 13.8 Å². The van der Waals surface area contributed by atoms with Gasteiger partial charge < -0.3 is 57.2 Å². The molecule has 2 aromatic carbocycles. The molecule has 462 valence electrons. The second-order valence-electron chi connectivity index (χ2n) is 23.3. The summed E-state index contributed by atoms with van der Waals surface area (Å²) in [5.41, 5.74) is -12.6. The van der Waals surface area contributed by atoms with E-state index >= 15 is 9.59 Å². The Balaban J connectivity index is 1.68. The number of hydrogen-bond donors (Lipinski definition) is 1.